The van der Waals surface area contributed by atoms with Crippen molar-refractivity contribution in [3.63, 3.8) is 0 Å². The number of hydrogen-bond donors (Lipinski definition) is 1. The predicted molar refractivity (Wildman–Crippen MR) is 122 cm³/mol. The van der Waals surface area contributed by atoms with Crippen LogP contribution >= 0.6 is 11.6 Å². The van der Waals surface area contributed by atoms with Gasteiger partial charge in [-0.2, -0.15) is 13.2 Å². The molecule has 0 spiro atoms. The minimum Gasteiger partial charge on any atom is -0.496 e. The Morgan fingerprint density at radius 2 is 1.73 bits per heavy atom. The van der Waals surface area contributed by atoms with Crippen molar-refractivity contribution in [1.82, 2.24) is 0 Å². The van der Waals surface area contributed by atoms with E-state index in [1.165, 1.54) is 25.3 Å². The van der Waals surface area contributed by atoms with E-state index in [1.807, 2.05) is 26.8 Å². The molecular weight excluding hydrogens is 455 g/mol. The number of hydrogen-bond acceptors (Lipinski definition) is 3. The molecule has 0 radical (unpaired) electrons. The van der Waals surface area contributed by atoms with Crippen LogP contribution in [0, 0.1) is 20.8 Å². The van der Waals surface area contributed by atoms with E-state index in [2.05, 4.69) is 11.4 Å². The van der Waals surface area contributed by atoms with Gasteiger partial charge in [0.05, 0.1) is 18.4 Å². The van der Waals surface area contributed by atoms with Crippen molar-refractivity contribution in [3.8, 4) is 11.5 Å². The van der Waals surface area contributed by atoms with Gasteiger partial charge in [-0.3, -0.25) is 4.79 Å². The minimum atomic E-state index is -4.67. The van der Waals surface area contributed by atoms with E-state index in [0.29, 0.717) is 17.1 Å². The molecular formula is C25H23ClF3NO3. The number of halogens is 4. The number of ether oxygens (including phenoxy) is 2. The first kappa shape index (κ1) is 24.5. The molecule has 0 unspecified atom stereocenters. The summed E-state index contributed by atoms with van der Waals surface area (Å²) < 4.78 is 51.4. The van der Waals surface area contributed by atoms with E-state index in [9.17, 15) is 18.0 Å². The second-order valence-electron chi connectivity index (χ2n) is 7.66. The Morgan fingerprint density at radius 3 is 2.39 bits per heavy atom. The highest BCUT2D eigenvalue weighted by Crippen LogP contribution is 2.37. The molecule has 3 aromatic rings. The van der Waals surface area contributed by atoms with E-state index >= 15 is 0 Å². The molecule has 3 rings (SSSR count). The zero-order chi connectivity index (χ0) is 24.3. The predicted octanol–water partition coefficient (Wildman–Crippen LogP) is 7.12. The molecule has 0 saturated heterocycles. The maximum atomic E-state index is 13.4. The molecule has 1 N–H and O–H groups in total. The summed E-state index contributed by atoms with van der Waals surface area (Å²) in [7, 11) is 1.49. The van der Waals surface area contributed by atoms with Crippen molar-refractivity contribution >= 4 is 23.2 Å². The first-order valence-corrected chi connectivity index (χ1v) is 10.4. The summed E-state index contributed by atoms with van der Waals surface area (Å²) in [6, 6.07) is 11.7. The molecule has 0 bridgehead atoms. The monoisotopic (exact) mass is 477 g/mol. The average molecular weight is 478 g/mol. The summed E-state index contributed by atoms with van der Waals surface area (Å²) in [5.74, 6) is 0.505. The van der Waals surface area contributed by atoms with Crippen LogP contribution in [0.15, 0.2) is 48.5 Å². The number of nitrogens with one attached hydrogen (secondary N) is 1. The Hall–Kier alpha value is -3.19. The number of rotatable bonds is 6. The number of anilines is 1. The fourth-order valence-electron chi connectivity index (χ4n) is 3.39. The van der Waals surface area contributed by atoms with Gasteiger partial charge in [0.25, 0.3) is 5.91 Å². The van der Waals surface area contributed by atoms with Gasteiger partial charge in [-0.05, 0) is 79.9 Å². The molecule has 0 aliphatic carbocycles. The van der Waals surface area contributed by atoms with Crippen molar-refractivity contribution < 1.29 is 27.4 Å². The summed E-state index contributed by atoms with van der Waals surface area (Å²) in [4.78, 5) is 12.8. The largest absolute Gasteiger partial charge is 0.496 e. The van der Waals surface area contributed by atoms with Crippen LogP contribution in [0.25, 0.3) is 0 Å². The number of aryl methyl sites for hydroxylation is 2. The standard InChI is InChI=1S/C25H23ClF3NO3/c1-14-9-15(2)16(3)23(10-14)33-13-18-11-17(5-8-22(18)32-4)24(31)30-21-7-6-19(26)12-20(21)25(27,28)29/h5-12H,13H2,1-4H3,(H,30,31). The molecule has 33 heavy (non-hydrogen) atoms. The molecule has 0 aromatic heterocycles. The van der Waals surface area contributed by atoms with Gasteiger partial charge in [-0.25, -0.2) is 0 Å². The van der Waals surface area contributed by atoms with Crippen LogP contribution in [0.3, 0.4) is 0 Å². The number of amides is 1. The fraction of sp³-hybridized carbons (Fsp3) is 0.240. The summed E-state index contributed by atoms with van der Waals surface area (Å²) in [5.41, 5.74) is 2.48. The molecule has 1 amide bonds. The van der Waals surface area contributed by atoms with Gasteiger partial charge >= 0.3 is 6.18 Å². The van der Waals surface area contributed by atoms with E-state index in [-0.39, 0.29) is 22.9 Å². The Morgan fingerprint density at radius 1 is 1.00 bits per heavy atom. The van der Waals surface area contributed by atoms with Crippen LogP contribution < -0.4 is 14.8 Å². The zero-order valence-electron chi connectivity index (χ0n) is 18.6. The van der Waals surface area contributed by atoms with E-state index in [4.69, 9.17) is 21.1 Å². The summed E-state index contributed by atoms with van der Waals surface area (Å²) in [6.45, 7) is 6.03. The molecule has 0 atom stereocenters. The van der Waals surface area contributed by atoms with E-state index in [1.54, 1.807) is 6.07 Å². The maximum Gasteiger partial charge on any atom is 0.418 e. The van der Waals surface area contributed by atoms with Gasteiger partial charge in [0.1, 0.15) is 18.1 Å². The van der Waals surface area contributed by atoms with E-state index < -0.39 is 17.6 Å². The Bertz CT molecular complexity index is 1190. The number of methoxy groups -OCH3 is 1. The van der Waals surface area contributed by atoms with E-state index in [0.717, 1.165) is 28.8 Å². The molecule has 0 fully saturated rings. The minimum absolute atomic E-state index is 0.0779. The van der Waals surface area contributed by atoms with Gasteiger partial charge in [-0.1, -0.05) is 17.7 Å². The van der Waals surface area contributed by atoms with Gasteiger partial charge in [0.15, 0.2) is 0 Å². The average Bonchev–Trinajstić information content (AvgIpc) is 2.75. The van der Waals surface area contributed by atoms with Crippen LogP contribution in [0.4, 0.5) is 18.9 Å². The highest BCUT2D eigenvalue weighted by molar-refractivity contribution is 6.30. The Kier molecular flexibility index (Phi) is 7.22. The number of benzene rings is 3. The number of carbonyl (C=O) groups is 1. The van der Waals surface area contributed by atoms with Gasteiger partial charge < -0.3 is 14.8 Å². The highest BCUT2D eigenvalue weighted by atomic mass is 35.5. The molecule has 0 aliphatic rings. The number of carbonyl (C=O) groups excluding carboxylic acids is 1. The molecule has 3 aromatic carbocycles. The van der Waals surface area contributed by atoms with Crippen molar-refractivity contribution in [2.75, 3.05) is 12.4 Å². The Balaban J connectivity index is 1.86. The summed E-state index contributed by atoms with van der Waals surface area (Å²) in [5, 5.41) is 2.25. The Labute approximate surface area is 195 Å². The lowest BCUT2D eigenvalue weighted by Gasteiger charge is -2.16. The quantitative estimate of drug-likeness (QED) is 0.411. The molecule has 174 valence electrons. The lowest BCUT2D eigenvalue weighted by atomic mass is 10.1. The maximum absolute atomic E-state index is 13.4. The highest BCUT2D eigenvalue weighted by Gasteiger charge is 2.34. The fourth-order valence-corrected chi connectivity index (χ4v) is 3.57. The smallest absolute Gasteiger partial charge is 0.418 e. The lowest BCUT2D eigenvalue weighted by molar-refractivity contribution is -0.136. The molecule has 0 heterocycles. The number of alkyl halides is 3. The van der Waals surface area contributed by atoms with Crippen molar-refractivity contribution in [1.29, 1.82) is 0 Å². The van der Waals surface area contributed by atoms with Crippen molar-refractivity contribution in [2.24, 2.45) is 0 Å². The van der Waals surface area contributed by atoms with Crippen LogP contribution in [-0.4, -0.2) is 13.0 Å². The van der Waals surface area contributed by atoms with Gasteiger partial charge in [-0.15, -0.1) is 0 Å². The molecule has 0 saturated carbocycles. The topological polar surface area (TPSA) is 47.6 Å². The SMILES string of the molecule is COc1ccc(C(=O)Nc2ccc(Cl)cc2C(F)(F)F)cc1COc1cc(C)cc(C)c1C. The van der Waals surface area contributed by atoms with Crippen LogP contribution in [-0.2, 0) is 12.8 Å². The third kappa shape index (κ3) is 5.79. The van der Waals surface area contributed by atoms with Crippen molar-refractivity contribution in [2.45, 2.75) is 33.6 Å². The first-order chi connectivity index (χ1) is 15.5. The lowest BCUT2D eigenvalue weighted by Crippen LogP contribution is -2.17. The third-order valence-corrected chi connectivity index (χ3v) is 5.46. The normalized spacial score (nSPS) is 11.3. The second kappa shape index (κ2) is 9.75. The third-order valence-electron chi connectivity index (χ3n) is 5.23. The zero-order valence-corrected chi connectivity index (χ0v) is 19.3. The van der Waals surface area contributed by atoms with Crippen LogP contribution in [0.1, 0.15) is 38.2 Å². The molecule has 8 heteroatoms. The van der Waals surface area contributed by atoms with Crippen LogP contribution in [0.2, 0.25) is 5.02 Å². The van der Waals surface area contributed by atoms with Gasteiger partial charge in [0.2, 0.25) is 0 Å². The van der Waals surface area contributed by atoms with Crippen LogP contribution in [0.5, 0.6) is 11.5 Å². The molecule has 0 aliphatic heterocycles. The van der Waals surface area contributed by atoms with Crippen molar-refractivity contribution in [3.05, 3.63) is 86.9 Å². The summed E-state index contributed by atoms with van der Waals surface area (Å²) >= 11 is 5.71. The molecule has 4 nitrogen and oxygen atoms in total. The summed E-state index contributed by atoms with van der Waals surface area (Å²) in [6.07, 6.45) is -4.67. The van der Waals surface area contributed by atoms with Gasteiger partial charge in [0, 0.05) is 16.1 Å². The second-order valence-corrected chi connectivity index (χ2v) is 8.10. The first-order valence-electron chi connectivity index (χ1n) is 10.0.